The molecule has 4 nitrogen and oxygen atoms in total. The highest BCUT2D eigenvalue weighted by atomic mass is 15.1. The van der Waals surface area contributed by atoms with E-state index in [4.69, 9.17) is 0 Å². The topological polar surface area (TPSA) is 42.7 Å². The Balaban J connectivity index is 1.75. The monoisotopic (exact) mass is 404 g/mol. The summed E-state index contributed by atoms with van der Waals surface area (Å²) >= 11 is 0. The number of rotatable bonds is 4. The van der Waals surface area contributed by atoms with Crippen molar-refractivity contribution in [3.8, 4) is 16.8 Å². The van der Waals surface area contributed by atoms with Crippen molar-refractivity contribution in [2.24, 2.45) is 0 Å². The van der Waals surface area contributed by atoms with Crippen LogP contribution in [0.2, 0.25) is 0 Å². The summed E-state index contributed by atoms with van der Waals surface area (Å²) in [4.78, 5) is 9.32. The molecule has 0 amide bonds. The number of nitrogens with zero attached hydrogens (tertiary/aromatic N) is 3. The van der Waals surface area contributed by atoms with Gasteiger partial charge in [0.2, 0.25) is 0 Å². The SMILES string of the molecule is Cc1cc(C)cc(Nc2ncnc3c2c(-c2ccccc2)cn3-c2cccc(C)c2)c1. The summed E-state index contributed by atoms with van der Waals surface area (Å²) in [5.41, 5.74) is 8.88. The van der Waals surface area contributed by atoms with E-state index in [1.165, 1.54) is 16.7 Å². The molecule has 0 fully saturated rings. The quantitative estimate of drug-likeness (QED) is 0.360. The number of aryl methyl sites for hydroxylation is 3. The minimum absolute atomic E-state index is 0.806. The van der Waals surface area contributed by atoms with E-state index in [1.807, 2.05) is 6.07 Å². The van der Waals surface area contributed by atoms with E-state index >= 15 is 0 Å². The first-order valence-electron chi connectivity index (χ1n) is 10.4. The Kier molecular flexibility index (Phi) is 4.75. The second-order valence-corrected chi connectivity index (χ2v) is 8.04. The molecule has 3 aromatic carbocycles. The van der Waals surface area contributed by atoms with E-state index in [9.17, 15) is 0 Å². The van der Waals surface area contributed by atoms with Gasteiger partial charge in [0.15, 0.2) is 5.65 Å². The molecule has 0 aliphatic heterocycles. The fourth-order valence-electron chi connectivity index (χ4n) is 4.15. The normalized spacial score (nSPS) is 11.1. The minimum atomic E-state index is 0.806. The second kappa shape index (κ2) is 7.73. The van der Waals surface area contributed by atoms with Gasteiger partial charge in [0, 0.05) is 23.1 Å². The van der Waals surface area contributed by atoms with Gasteiger partial charge in [-0.15, -0.1) is 0 Å². The lowest BCUT2D eigenvalue weighted by Gasteiger charge is -2.10. The van der Waals surface area contributed by atoms with Crippen molar-refractivity contribution >= 4 is 22.5 Å². The van der Waals surface area contributed by atoms with Gasteiger partial charge in [-0.05, 0) is 67.3 Å². The van der Waals surface area contributed by atoms with Crippen molar-refractivity contribution in [1.82, 2.24) is 14.5 Å². The predicted octanol–water partition coefficient (Wildman–Crippen LogP) is 6.76. The van der Waals surface area contributed by atoms with E-state index in [-0.39, 0.29) is 0 Å². The van der Waals surface area contributed by atoms with Crippen LogP contribution in [-0.4, -0.2) is 14.5 Å². The molecule has 5 aromatic rings. The first kappa shape index (κ1) is 19.1. The van der Waals surface area contributed by atoms with Crippen molar-refractivity contribution in [2.75, 3.05) is 5.32 Å². The number of hydrogen-bond donors (Lipinski definition) is 1. The standard InChI is InChI=1S/C27H24N4/c1-18-8-7-11-23(15-18)31-16-24(21-9-5-4-6-10-21)25-26(28-17-29-27(25)31)30-22-13-19(2)12-20(3)14-22/h4-17H,1-3H3,(H,28,29,30). The smallest absolute Gasteiger partial charge is 0.150 e. The van der Waals surface area contributed by atoms with E-state index in [0.717, 1.165) is 39.4 Å². The molecule has 1 N–H and O–H groups in total. The third kappa shape index (κ3) is 3.68. The predicted molar refractivity (Wildman–Crippen MR) is 128 cm³/mol. The van der Waals surface area contributed by atoms with Gasteiger partial charge in [0.25, 0.3) is 0 Å². The zero-order chi connectivity index (χ0) is 21.4. The summed E-state index contributed by atoms with van der Waals surface area (Å²) < 4.78 is 2.15. The van der Waals surface area contributed by atoms with Crippen molar-refractivity contribution < 1.29 is 0 Å². The van der Waals surface area contributed by atoms with Gasteiger partial charge in [0.05, 0.1) is 5.39 Å². The Labute approximate surface area is 182 Å². The van der Waals surface area contributed by atoms with Crippen LogP contribution in [0.5, 0.6) is 0 Å². The summed E-state index contributed by atoms with van der Waals surface area (Å²) in [5, 5.41) is 4.56. The maximum absolute atomic E-state index is 4.68. The molecule has 0 spiro atoms. The molecule has 0 radical (unpaired) electrons. The number of fused-ring (bicyclic) bond motifs is 1. The molecular weight excluding hydrogens is 380 g/mol. The molecule has 5 rings (SSSR count). The molecule has 0 saturated heterocycles. The van der Waals surface area contributed by atoms with Gasteiger partial charge < -0.3 is 9.88 Å². The second-order valence-electron chi connectivity index (χ2n) is 8.04. The maximum atomic E-state index is 4.68. The molecule has 2 aromatic heterocycles. The van der Waals surface area contributed by atoms with Crippen LogP contribution in [0, 0.1) is 20.8 Å². The maximum Gasteiger partial charge on any atom is 0.150 e. The third-order valence-corrected chi connectivity index (χ3v) is 5.43. The average Bonchev–Trinajstić information content (AvgIpc) is 3.14. The average molecular weight is 405 g/mol. The summed E-state index contributed by atoms with van der Waals surface area (Å²) in [6, 6.07) is 25.3. The largest absolute Gasteiger partial charge is 0.340 e. The molecule has 4 heteroatoms. The van der Waals surface area contributed by atoms with Crippen LogP contribution in [0.25, 0.3) is 27.8 Å². The lowest BCUT2D eigenvalue weighted by molar-refractivity contribution is 1.07. The zero-order valence-corrected chi connectivity index (χ0v) is 17.9. The number of benzene rings is 3. The molecule has 0 aliphatic carbocycles. The Morgan fingerprint density at radius 2 is 1.52 bits per heavy atom. The van der Waals surface area contributed by atoms with Gasteiger partial charge >= 0.3 is 0 Å². The van der Waals surface area contributed by atoms with Crippen LogP contribution in [-0.2, 0) is 0 Å². The summed E-state index contributed by atoms with van der Waals surface area (Å²) in [6.07, 6.45) is 3.80. The van der Waals surface area contributed by atoms with Crippen LogP contribution in [0.15, 0.2) is 85.3 Å². The highest BCUT2D eigenvalue weighted by Gasteiger charge is 2.17. The van der Waals surface area contributed by atoms with Crippen LogP contribution in [0.1, 0.15) is 16.7 Å². The van der Waals surface area contributed by atoms with E-state index in [2.05, 4.69) is 114 Å². The summed E-state index contributed by atoms with van der Waals surface area (Å²) in [5.74, 6) is 0.806. The molecular formula is C27H24N4. The lowest BCUT2D eigenvalue weighted by atomic mass is 10.1. The fraction of sp³-hybridized carbons (Fsp3) is 0.111. The molecule has 0 aliphatic rings. The Bertz CT molecular complexity index is 1360. The van der Waals surface area contributed by atoms with Crippen LogP contribution < -0.4 is 5.32 Å². The van der Waals surface area contributed by atoms with Gasteiger partial charge in [-0.1, -0.05) is 48.5 Å². The van der Waals surface area contributed by atoms with Gasteiger partial charge in [-0.2, -0.15) is 0 Å². The Hall–Kier alpha value is -3.92. The minimum Gasteiger partial charge on any atom is -0.340 e. The van der Waals surface area contributed by atoms with Crippen LogP contribution in [0.4, 0.5) is 11.5 Å². The van der Waals surface area contributed by atoms with Crippen molar-refractivity contribution in [2.45, 2.75) is 20.8 Å². The molecule has 0 atom stereocenters. The summed E-state index contributed by atoms with van der Waals surface area (Å²) in [7, 11) is 0. The van der Waals surface area contributed by atoms with Crippen molar-refractivity contribution in [3.05, 3.63) is 102 Å². The van der Waals surface area contributed by atoms with Gasteiger partial charge in [-0.25, -0.2) is 9.97 Å². The number of hydrogen-bond acceptors (Lipinski definition) is 3. The summed E-state index contributed by atoms with van der Waals surface area (Å²) in [6.45, 7) is 6.32. The number of aromatic nitrogens is 3. The van der Waals surface area contributed by atoms with E-state index in [1.54, 1.807) is 6.33 Å². The Morgan fingerprint density at radius 1 is 0.742 bits per heavy atom. The highest BCUT2D eigenvalue weighted by Crippen LogP contribution is 2.36. The molecule has 0 saturated carbocycles. The van der Waals surface area contributed by atoms with Gasteiger partial charge in [-0.3, -0.25) is 0 Å². The third-order valence-electron chi connectivity index (χ3n) is 5.43. The first-order valence-corrected chi connectivity index (χ1v) is 10.4. The molecule has 2 heterocycles. The molecule has 0 unspecified atom stereocenters. The first-order chi connectivity index (χ1) is 15.1. The zero-order valence-electron chi connectivity index (χ0n) is 17.9. The van der Waals surface area contributed by atoms with E-state index < -0.39 is 0 Å². The van der Waals surface area contributed by atoms with Crippen LogP contribution in [0.3, 0.4) is 0 Å². The fourth-order valence-corrected chi connectivity index (χ4v) is 4.15. The molecule has 31 heavy (non-hydrogen) atoms. The van der Waals surface area contributed by atoms with E-state index in [0.29, 0.717) is 0 Å². The number of anilines is 2. The van der Waals surface area contributed by atoms with Crippen molar-refractivity contribution in [3.63, 3.8) is 0 Å². The van der Waals surface area contributed by atoms with Crippen LogP contribution >= 0.6 is 0 Å². The number of nitrogens with one attached hydrogen (secondary N) is 1. The molecule has 152 valence electrons. The molecule has 0 bridgehead atoms. The highest BCUT2D eigenvalue weighted by molar-refractivity contribution is 6.03. The van der Waals surface area contributed by atoms with Crippen molar-refractivity contribution in [1.29, 1.82) is 0 Å². The van der Waals surface area contributed by atoms with Gasteiger partial charge in [0.1, 0.15) is 12.1 Å². The lowest BCUT2D eigenvalue weighted by Crippen LogP contribution is -1.99. The Morgan fingerprint density at radius 3 is 2.26 bits per heavy atom.